The van der Waals surface area contributed by atoms with E-state index in [2.05, 4.69) is 18.5 Å². The number of hydrogen-bond acceptors (Lipinski definition) is 1. The Labute approximate surface area is 61.3 Å². The van der Waals surface area contributed by atoms with Crippen molar-refractivity contribution in [2.75, 3.05) is 0 Å². The third-order valence-corrected chi connectivity index (χ3v) is 2.43. The maximum absolute atomic E-state index is 8.44. The summed E-state index contributed by atoms with van der Waals surface area (Å²) in [7, 11) is 0. The van der Waals surface area contributed by atoms with Gasteiger partial charge in [-0.15, -0.1) is 0 Å². The Hall–Kier alpha value is -0.251. The number of rotatable bonds is 4. The van der Waals surface area contributed by atoms with Gasteiger partial charge in [0.05, 0.1) is 0 Å². The van der Waals surface area contributed by atoms with Crippen molar-refractivity contribution in [2.45, 2.75) is 25.1 Å². The molecule has 56 valence electrons. The molecule has 0 saturated carbocycles. The van der Waals surface area contributed by atoms with Crippen LogP contribution in [0.1, 0.15) is 19.8 Å². The van der Waals surface area contributed by atoms with Crippen molar-refractivity contribution >= 4 is 0 Å². The minimum absolute atomic E-state index is 0.108. The Morgan fingerprint density at radius 2 is 2.44 bits per heavy atom. The van der Waals surface area contributed by atoms with Gasteiger partial charge in [0, 0.05) is 0 Å². The molecular weight excluding hydrogens is 162 g/mol. The second-order valence-corrected chi connectivity index (χ2v) is 3.57. The van der Waals surface area contributed by atoms with Crippen LogP contribution >= 0.6 is 0 Å². The normalized spacial score (nSPS) is 10.0. The van der Waals surface area contributed by atoms with E-state index in [1.807, 2.05) is 0 Å². The summed E-state index contributed by atoms with van der Waals surface area (Å²) < 4.78 is 0. The Balaban J connectivity index is 3.34. The molecule has 0 aliphatic carbocycles. The van der Waals surface area contributed by atoms with Crippen molar-refractivity contribution in [1.29, 1.82) is 5.26 Å². The maximum atomic E-state index is 8.44. The van der Waals surface area contributed by atoms with Gasteiger partial charge in [-0.3, -0.25) is 0 Å². The molecule has 1 nitrogen and oxygen atoms in total. The standard InChI is InChI=1S/C4H9.C2H3.CN.Cu/c1-3-4-2;2*1-2;/h1,3-4H2,2H3;1H,2H2;;. The van der Waals surface area contributed by atoms with Crippen LogP contribution in [0.5, 0.6) is 0 Å². The van der Waals surface area contributed by atoms with Crippen LogP contribution < -0.4 is 0 Å². The average Bonchev–Trinajstić information content (AvgIpc) is 1.91. The van der Waals surface area contributed by atoms with Crippen molar-refractivity contribution < 1.29 is 13.9 Å². The van der Waals surface area contributed by atoms with E-state index < -0.39 is 0 Å². The van der Waals surface area contributed by atoms with E-state index >= 15 is 0 Å². The first kappa shape index (κ1) is 8.75. The van der Waals surface area contributed by atoms with E-state index in [1.165, 1.54) is 0 Å². The third kappa shape index (κ3) is 4.27. The number of unbranched alkanes of at least 4 members (excludes halogenated alkanes) is 1. The fraction of sp³-hybridized carbons (Fsp3) is 0.571. The van der Waals surface area contributed by atoms with Crippen LogP contribution in [-0.4, -0.2) is 0 Å². The molecule has 0 amide bonds. The first-order chi connectivity index (χ1) is 4.35. The molecule has 0 fully saturated rings. The molecule has 0 N–H and O–H groups in total. The summed E-state index contributed by atoms with van der Waals surface area (Å²) in [4.78, 5) is 3.93. The molecule has 0 aliphatic rings. The van der Waals surface area contributed by atoms with Crippen molar-refractivity contribution in [3.63, 3.8) is 0 Å². The topological polar surface area (TPSA) is 23.8 Å². The van der Waals surface area contributed by atoms with Gasteiger partial charge in [0.15, 0.2) is 0 Å². The molecule has 0 spiro atoms. The molecule has 0 atom stereocenters. The van der Waals surface area contributed by atoms with Gasteiger partial charge in [-0.25, -0.2) is 0 Å². The molecule has 0 aliphatic heterocycles. The van der Waals surface area contributed by atoms with E-state index in [-0.39, 0.29) is 13.9 Å². The number of nitrogens with zero attached hydrogens (tertiary/aromatic N) is 1. The number of hydrogen-bond donors (Lipinski definition) is 0. The van der Waals surface area contributed by atoms with E-state index in [0.717, 1.165) is 18.2 Å². The first-order valence-corrected chi connectivity index (χ1v) is 4.56. The van der Waals surface area contributed by atoms with E-state index in [9.17, 15) is 0 Å². The first-order valence-electron chi connectivity index (χ1n) is 2.88. The van der Waals surface area contributed by atoms with Gasteiger partial charge >= 0.3 is 60.8 Å². The van der Waals surface area contributed by atoms with Crippen molar-refractivity contribution in [3.05, 3.63) is 11.6 Å². The van der Waals surface area contributed by atoms with Crippen LogP contribution in [0.4, 0.5) is 0 Å². The van der Waals surface area contributed by atoms with Crippen molar-refractivity contribution in [3.8, 4) is 4.97 Å². The zero-order valence-electron chi connectivity index (χ0n) is 5.65. The second-order valence-electron chi connectivity index (χ2n) is 1.51. The third-order valence-electron chi connectivity index (χ3n) is 0.858. The molecule has 0 heterocycles. The van der Waals surface area contributed by atoms with Crippen LogP contribution in [0.15, 0.2) is 11.6 Å². The van der Waals surface area contributed by atoms with E-state index in [1.54, 1.807) is 4.97 Å². The van der Waals surface area contributed by atoms with Gasteiger partial charge in [0.2, 0.25) is 0 Å². The number of nitriles is 1. The SMILES string of the molecule is C=[CH][Cu]([C]#N)[CH2]CCC. The van der Waals surface area contributed by atoms with Crippen LogP contribution in [-0.2, 0) is 13.9 Å². The summed E-state index contributed by atoms with van der Waals surface area (Å²) in [5.41, 5.74) is 0. The van der Waals surface area contributed by atoms with Gasteiger partial charge < -0.3 is 0 Å². The Morgan fingerprint density at radius 3 is 2.78 bits per heavy atom. The summed E-state index contributed by atoms with van der Waals surface area (Å²) in [6, 6.07) is 0. The van der Waals surface area contributed by atoms with E-state index in [0.29, 0.717) is 0 Å². The molecule has 9 heavy (non-hydrogen) atoms. The predicted molar refractivity (Wildman–Crippen MR) is 35.5 cm³/mol. The van der Waals surface area contributed by atoms with Crippen LogP contribution in [0.3, 0.4) is 0 Å². The van der Waals surface area contributed by atoms with Gasteiger partial charge in [-0.05, 0) is 0 Å². The average molecular weight is 174 g/mol. The van der Waals surface area contributed by atoms with E-state index in [4.69, 9.17) is 5.26 Å². The summed E-state index contributed by atoms with van der Waals surface area (Å²) in [5, 5.41) is 9.43. The molecule has 0 rings (SSSR count). The quantitative estimate of drug-likeness (QED) is 0.600. The second kappa shape index (κ2) is 5.88. The Morgan fingerprint density at radius 1 is 1.78 bits per heavy atom. The van der Waals surface area contributed by atoms with Gasteiger partial charge in [-0.2, -0.15) is 0 Å². The molecule has 0 aromatic heterocycles. The van der Waals surface area contributed by atoms with Gasteiger partial charge in [0.1, 0.15) is 0 Å². The summed E-state index contributed by atoms with van der Waals surface area (Å²) in [5.74, 6) is 0. The summed E-state index contributed by atoms with van der Waals surface area (Å²) in [6.07, 6.45) is 2.30. The zero-order chi connectivity index (χ0) is 7.11. The molecule has 0 aromatic rings. The van der Waals surface area contributed by atoms with Crippen molar-refractivity contribution in [1.82, 2.24) is 0 Å². The summed E-state index contributed by atoms with van der Waals surface area (Å²) >= 11 is -0.108. The minimum atomic E-state index is -0.108. The van der Waals surface area contributed by atoms with Crippen molar-refractivity contribution in [2.24, 2.45) is 0 Å². The van der Waals surface area contributed by atoms with Crippen LogP contribution in [0, 0.1) is 10.2 Å². The fourth-order valence-electron chi connectivity index (χ4n) is 0.344. The van der Waals surface area contributed by atoms with Gasteiger partial charge in [-0.1, -0.05) is 0 Å². The fourth-order valence-corrected chi connectivity index (χ4v) is 1.42. The molecule has 0 bridgehead atoms. The molecule has 2 heteroatoms. The molecule has 0 radical (unpaired) electrons. The summed E-state index contributed by atoms with van der Waals surface area (Å²) in [6.45, 7) is 5.70. The zero-order valence-corrected chi connectivity index (χ0v) is 6.60. The molecular formula is C7H12CuN. The Kier molecular flexibility index (Phi) is 5.71. The van der Waals surface area contributed by atoms with Gasteiger partial charge in [0.25, 0.3) is 0 Å². The Bertz CT molecular complexity index is 115. The van der Waals surface area contributed by atoms with Crippen LogP contribution in [0.2, 0.25) is 5.32 Å². The van der Waals surface area contributed by atoms with Crippen LogP contribution in [0.25, 0.3) is 0 Å². The predicted octanol–water partition coefficient (Wildman–Crippen LogP) is 2.45. The molecule has 0 unspecified atom stereocenters. The monoisotopic (exact) mass is 173 g/mol. The molecule has 0 saturated heterocycles. The molecule has 0 aromatic carbocycles.